The van der Waals surface area contributed by atoms with Crippen LogP contribution in [0.1, 0.15) is 37.7 Å². The Hall–Kier alpha value is -2.78. The third-order valence-corrected chi connectivity index (χ3v) is 5.10. The first-order valence-corrected chi connectivity index (χ1v) is 9.75. The van der Waals surface area contributed by atoms with E-state index in [9.17, 15) is 19.5 Å². The second kappa shape index (κ2) is 10.7. The van der Waals surface area contributed by atoms with Crippen molar-refractivity contribution in [2.45, 2.75) is 43.7 Å². The summed E-state index contributed by atoms with van der Waals surface area (Å²) in [4.78, 5) is 42.7. The quantitative estimate of drug-likeness (QED) is 0.190. The smallest absolute Gasteiger partial charge is 0.255 e. The van der Waals surface area contributed by atoms with Crippen LogP contribution in [0.5, 0.6) is 0 Å². The standard InChI is InChI=1S/C20H29N5O4/c21-19(22)23-11-6-9-16(13-26)25(17(28)14-27)18(29)20(10-4-5-12-24-20)15-7-2-1-3-8-15/h1-3,7-8,13,16,24,27H,4-6,9-12,14H2,(H4,21,22,23)/t16-,20-/m1/s1. The molecule has 1 fully saturated rings. The highest BCUT2D eigenvalue weighted by Crippen LogP contribution is 2.33. The van der Waals surface area contributed by atoms with Crippen molar-refractivity contribution in [3.63, 3.8) is 0 Å². The monoisotopic (exact) mass is 403 g/mol. The van der Waals surface area contributed by atoms with Crippen molar-refractivity contribution >= 4 is 24.1 Å². The highest BCUT2D eigenvalue weighted by Gasteiger charge is 2.46. The summed E-state index contributed by atoms with van der Waals surface area (Å²) < 4.78 is 0. The Kier molecular flexibility index (Phi) is 8.29. The molecule has 0 saturated carbocycles. The van der Waals surface area contributed by atoms with Crippen molar-refractivity contribution in [3.8, 4) is 0 Å². The number of aldehydes is 1. The number of aliphatic imine (C=N–C) groups is 1. The molecule has 6 N–H and O–H groups in total. The second-order valence-electron chi connectivity index (χ2n) is 7.03. The number of piperidine rings is 1. The average molecular weight is 403 g/mol. The number of nitrogens with two attached hydrogens (primary N) is 2. The summed E-state index contributed by atoms with van der Waals surface area (Å²) in [7, 11) is 0. The molecule has 2 amide bonds. The molecule has 1 aromatic rings. The van der Waals surface area contributed by atoms with Crippen molar-refractivity contribution in [2.24, 2.45) is 16.5 Å². The summed E-state index contributed by atoms with van der Waals surface area (Å²) in [5, 5.41) is 12.7. The van der Waals surface area contributed by atoms with Crippen molar-refractivity contribution in [2.75, 3.05) is 19.7 Å². The van der Waals surface area contributed by atoms with Gasteiger partial charge in [-0.25, -0.2) is 0 Å². The predicted octanol–water partition coefficient (Wildman–Crippen LogP) is -0.376. The van der Waals surface area contributed by atoms with Gasteiger partial charge in [-0.2, -0.15) is 0 Å². The number of nitrogens with one attached hydrogen (secondary N) is 1. The Morgan fingerprint density at radius 3 is 2.55 bits per heavy atom. The fraction of sp³-hybridized carbons (Fsp3) is 0.500. The predicted molar refractivity (Wildman–Crippen MR) is 109 cm³/mol. The lowest BCUT2D eigenvalue weighted by molar-refractivity contribution is -0.156. The molecule has 0 radical (unpaired) electrons. The van der Waals surface area contributed by atoms with E-state index in [-0.39, 0.29) is 18.9 Å². The molecule has 158 valence electrons. The first kappa shape index (κ1) is 22.5. The Balaban J connectivity index is 2.35. The van der Waals surface area contributed by atoms with Gasteiger partial charge >= 0.3 is 0 Å². The van der Waals surface area contributed by atoms with E-state index in [1.54, 1.807) is 0 Å². The van der Waals surface area contributed by atoms with Crippen LogP contribution in [-0.2, 0) is 19.9 Å². The molecule has 0 aromatic heterocycles. The second-order valence-corrected chi connectivity index (χ2v) is 7.03. The number of aliphatic hydroxyl groups is 1. The summed E-state index contributed by atoms with van der Waals surface area (Å²) in [5.41, 5.74) is 10.2. The Morgan fingerprint density at radius 1 is 1.28 bits per heavy atom. The van der Waals surface area contributed by atoms with Gasteiger partial charge in [0.25, 0.3) is 11.8 Å². The van der Waals surface area contributed by atoms with E-state index in [1.165, 1.54) is 0 Å². The average Bonchev–Trinajstić information content (AvgIpc) is 2.76. The van der Waals surface area contributed by atoms with Crippen molar-refractivity contribution in [1.82, 2.24) is 10.2 Å². The first-order chi connectivity index (χ1) is 14.0. The molecule has 1 saturated heterocycles. The lowest BCUT2D eigenvalue weighted by Gasteiger charge is -2.41. The number of hydrogen-bond acceptors (Lipinski definition) is 6. The molecule has 2 rings (SSSR count). The molecule has 9 heteroatoms. The van der Waals surface area contributed by atoms with Gasteiger partial charge in [0.2, 0.25) is 0 Å². The van der Waals surface area contributed by atoms with E-state index in [0.29, 0.717) is 25.7 Å². The topological polar surface area (TPSA) is 151 Å². The molecule has 0 spiro atoms. The van der Waals surface area contributed by atoms with Gasteiger partial charge in [-0.3, -0.25) is 24.8 Å². The number of amides is 2. The lowest BCUT2D eigenvalue weighted by atomic mass is 9.80. The Morgan fingerprint density at radius 2 is 2.00 bits per heavy atom. The van der Waals surface area contributed by atoms with Gasteiger partial charge in [0.1, 0.15) is 18.4 Å². The van der Waals surface area contributed by atoms with Crippen LogP contribution < -0.4 is 16.8 Å². The molecule has 0 unspecified atom stereocenters. The maximum Gasteiger partial charge on any atom is 0.255 e. The van der Waals surface area contributed by atoms with Crippen LogP contribution in [0.25, 0.3) is 0 Å². The van der Waals surface area contributed by atoms with E-state index in [2.05, 4.69) is 10.3 Å². The highest BCUT2D eigenvalue weighted by atomic mass is 16.3. The minimum Gasteiger partial charge on any atom is -0.387 e. The van der Waals surface area contributed by atoms with Crippen LogP contribution in [-0.4, -0.2) is 59.8 Å². The number of nitrogens with zero attached hydrogens (tertiary/aromatic N) is 2. The molecular formula is C20H29N5O4. The van der Waals surface area contributed by atoms with Gasteiger partial charge in [0, 0.05) is 6.54 Å². The van der Waals surface area contributed by atoms with E-state index in [0.717, 1.165) is 23.3 Å². The van der Waals surface area contributed by atoms with E-state index < -0.39 is 30.0 Å². The number of aliphatic hydroxyl groups excluding tert-OH is 1. The number of hydrogen-bond donors (Lipinski definition) is 4. The Labute approximate surface area is 170 Å². The van der Waals surface area contributed by atoms with Crippen LogP contribution in [0.3, 0.4) is 0 Å². The fourth-order valence-corrected chi connectivity index (χ4v) is 3.68. The third kappa shape index (κ3) is 5.39. The van der Waals surface area contributed by atoms with Gasteiger partial charge in [-0.05, 0) is 44.2 Å². The number of guanidine groups is 1. The minimum absolute atomic E-state index is 0.0681. The van der Waals surface area contributed by atoms with E-state index >= 15 is 0 Å². The first-order valence-electron chi connectivity index (χ1n) is 9.75. The van der Waals surface area contributed by atoms with E-state index in [1.807, 2.05) is 30.3 Å². The molecule has 0 aliphatic carbocycles. The number of imide groups is 1. The summed E-state index contributed by atoms with van der Waals surface area (Å²) in [6.07, 6.45) is 3.35. The number of carbonyl (C=O) groups excluding carboxylic acids is 3. The molecule has 1 heterocycles. The molecule has 1 aliphatic rings. The Bertz CT molecular complexity index is 728. The molecule has 1 aromatic carbocycles. The van der Waals surface area contributed by atoms with Crippen molar-refractivity contribution in [1.29, 1.82) is 0 Å². The third-order valence-electron chi connectivity index (χ3n) is 5.10. The van der Waals surface area contributed by atoms with Crippen LogP contribution in [0.2, 0.25) is 0 Å². The summed E-state index contributed by atoms with van der Waals surface area (Å²) in [6.45, 7) is 0.0109. The summed E-state index contributed by atoms with van der Waals surface area (Å²) in [6, 6.07) is 8.13. The molecule has 0 bridgehead atoms. The molecule has 9 nitrogen and oxygen atoms in total. The highest BCUT2D eigenvalue weighted by molar-refractivity contribution is 6.03. The van der Waals surface area contributed by atoms with Crippen LogP contribution in [0, 0.1) is 0 Å². The zero-order chi connectivity index (χ0) is 21.3. The molecule has 2 atom stereocenters. The fourth-order valence-electron chi connectivity index (χ4n) is 3.68. The maximum atomic E-state index is 13.7. The van der Waals surface area contributed by atoms with Crippen LogP contribution >= 0.6 is 0 Å². The zero-order valence-corrected chi connectivity index (χ0v) is 16.4. The van der Waals surface area contributed by atoms with Gasteiger partial charge < -0.3 is 21.4 Å². The van der Waals surface area contributed by atoms with Gasteiger partial charge in [-0.1, -0.05) is 30.3 Å². The van der Waals surface area contributed by atoms with Crippen LogP contribution in [0.4, 0.5) is 0 Å². The minimum atomic E-state index is -1.12. The zero-order valence-electron chi connectivity index (χ0n) is 16.4. The molecule has 1 aliphatic heterocycles. The largest absolute Gasteiger partial charge is 0.387 e. The number of carbonyl (C=O) groups is 3. The normalized spacial score (nSPS) is 19.8. The number of benzene rings is 1. The van der Waals surface area contributed by atoms with Crippen molar-refractivity contribution < 1.29 is 19.5 Å². The summed E-state index contributed by atoms with van der Waals surface area (Å²) in [5.74, 6) is -1.40. The molecule has 29 heavy (non-hydrogen) atoms. The van der Waals surface area contributed by atoms with Crippen LogP contribution in [0.15, 0.2) is 35.3 Å². The molecular weight excluding hydrogens is 374 g/mol. The van der Waals surface area contributed by atoms with Gasteiger partial charge in [0.15, 0.2) is 5.96 Å². The summed E-state index contributed by atoms with van der Waals surface area (Å²) >= 11 is 0. The van der Waals surface area contributed by atoms with Crippen molar-refractivity contribution in [3.05, 3.63) is 35.9 Å². The van der Waals surface area contributed by atoms with Gasteiger partial charge in [-0.15, -0.1) is 0 Å². The SMILES string of the molecule is NC(N)=NCCC[C@H](C=O)N(C(=O)CO)C(=O)[C@]1(c2ccccc2)CCCCN1. The number of rotatable bonds is 9. The lowest BCUT2D eigenvalue weighted by Crippen LogP contribution is -2.61. The maximum absolute atomic E-state index is 13.7. The van der Waals surface area contributed by atoms with E-state index in [4.69, 9.17) is 11.5 Å². The van der Waals surface area contributed by atoms with Gasteiger partial charge in [0.05, 0.1) is 6.04 Å².